The molecule has 6 heteroatoms. The van der Waals surface area contributed by atoms with Gasteiger partial charge in [-0.1, -0.05) is 13.3 Å². The van der Waals surface area contributed by atoms with Crippen molar-refractivity contribution in [3.05, 3.63) is 28.3 Å². The molecule has 0 atom stereocenters. The number of anilines is 1. The van der Waals surface area contributed by atoms with E-state index in [9.17, 15) is 14.9 Å². The lowest BCUT2D eigenvalue weighted by atomic mass is 10.2. The monoisotopic (exact) mass is 252 g/mol. The van der Waals surface area contributed by atoms with Gasteiger partial charge < -0.3 is 10.1 Å². The molecule has 0 radical (unpaired) electrons. The van der Waals surface area contributed by atoms with E-state index in [2.05, 4.69) is 5.32 Å². The van der Waals surface area contributed by atoms with Crippen LogP contribution in [-0.4, -0.2) is 17.4 Å². The zero-order chi connectivity index (χ0) is 13.5. The quantitative estimate of drug-likeness (QED) is 0.479. The molecule has 0 aliphatic rings. The van der Waals surface area contributed by atoms with Crippen LogP contribution in [0.5, 0.6) is 5.75 Å². The molecule has 0 saturated carbocycles. The maximum Gasteiger partial charge on any atom is 0.273 e. The molecule has 0 aliphatic carbocycles. The van der Waals surface area contributed by atoms with Crippen molar-refractivity contribution >= 4 is 17.3 Å². The molecule has 98 valence electrons. The van der Waals surface area contributed by atoms with Crippen molar-refractivity contribution in [2.75, 3.05) is 11.9 Å². The van der Waals surface area contributed by atoms with E-state index in [1.807, 2.05) is 6.92 Å². The summed E-state index contributed by atoms with van der Waals surface area (Å²) in [6.45, 7) is 3.85. The fraction of sp³-hybridized carbons (Fsp3) is 0.417. The second-order valence-electron chi connectivity index (χ2n) is 3.82. The number of carbonyl (C=O) groups is 1. The summed E-state index contributed by atoms with van der Waals surface area (Å²) in [6.07, 6.45) is 1.81. The molecule has 0 aliphatic heterocycles. The number of nitro groups is 1. The van der Waals surface area contributed by atoms with E-state index in [4.69, 9.17) is 4.74 Å². The molecule has 1 rings (SSSR count). The van der Waals surface area contributed by atoms with Crippen LogP contribution in [0.25, 0.3) is 0 Å². The van der Waals surface area contributed by atoms with E-state index in [1.165, 1.54) is 25.1 Å². The summed E-state index contributed by atoms with van der Waals surface area (Å²) < 4.78 is 5.45. The molecular weight excluding hydrogens is 236 g/mol. The largest absolute Gasteiger partial charge is 0.491 e. The van der Waals surface area contributed by atoms with Crippen LogP contribution in [0.15, 0.2) is 18.2 Å². The number of hydrogen-bond acceptors (Lipinski definition) is 4. The predicted octanol–water partition coefficient (Wildman–Crippen LogP) is 2.73. The van der Waals surface area contributed by atoms with E-state index in [0.29, 0.717) is 18.0 Å². The van der Waals surface area contributed by atoms with Crippen molar-refractivity contribution in [1.82, 2.24) is 0 Å². The Kier molecular flexibility index (Phi) is 5.10. The zero-order valence-electron chi connectivity index (χ0n) is 10.4. The summed E-state index contributed by atoms with van der Waals surface area (Å²) in [7, 11) is 0. The first kappa shape index (κ1) is 14.0. The average molecular weight is 252 g/mol. The number of benzene rings is 1. The second-order valence-corrected chi connectivity index (χ2v) is 3.82. The van der Waals surface area contributed by atoms with Crippen molar-refractivity contribution in [2.24, 2.45) is 0 Å². The van der Waals surface area contributed by atoms with Crippen molar-refractivity contribution in [1.29, 1.82) is 0 Å². The van der Waals surface area contributed by atoms with Crippen LogP contribution in [0.2, 0.25) is 0 Å². The van der Waals surface area contributed by atoms with E-state index in [0.717, 1.165) is 12.8 Å². The van der Waals surface area contributed by atoms with Gasteiger partial charge in [-0.2, -0.15) is 0 Å². The summed E-state index contributed by atoms with van der Waals surface area (Å²) in [5.41, 5.74) is 0.389. The SMILES string of the molecule is CCCCOc1cc([N+](=O)[O-])ccc1NC(C)=O. The number of nitrogens with zero attached hydrogens (tertiary/aromatic N) is 1. The molecule has 0 saturated heterocycles. The van der Waals surface area contributed by atoms with Gasteiger partial charge in [0.15, 0.2) is 0 Å². The van der Waals surface area contributed by atoms with Crippen molar-refractivity contribution in [3.8, 4) is 5.75 Å². The van der Waals surface area contributed by atoms with Gasteiger partial charge in [-0.3, -0.25) is 14.9 Å². The molecule has 6 nitrogen and oxygen atoms in total. The van der Waals surface area contributed by atoms with E-state index in [1.54, 1.807) is 0 Å². The van der Waals surface area contributed by atoms with Gasteiger partial charge in [0.05, 0.1) is 23.3 Å². The number of ether oxygens (including phenoxy) is 1. The highest BCUT2D eigenvalue weighted by atomic mass is 16.6. The van der Waals surface area contributed by atoms with Gasteiger partial charge in [0.1, 0.15) is 5.75 Å². The van der Waals surface area contributed by atoms with Crippen LogP contribution in [0, 0.1) is 10.1 Å². The summed E-state index contributed by atoms with van der Waals surface area (Å²) in [5, 5.41) is 13.3. The maximum atomic E-state index is 11.0. The number of rotatable bonds is 6. The third kappa shape index (κ3) is 4.04. The Morgan fingerprint density at radius 2 is 2.22 bits per heavy atom. The normalized spacial score (nSPS) is 9.89. The minimum atomic E-state index is -0.496. The van der Waals surface area contributed by atoms with Gasteiger partial charge in [-0.05, 0) is 12.5 Å². The Hall–Kier alpha value is -2.11. The molecular formula is C12H16N2O4. The van der Waals surface area contributed by atoms with E-state index < -0.39 is 4.92 Å². The van der Waals surface area contributed by atoms with Crippen LogP contribution in [-0.2, 0) is 4.79 Å². The number of non-ortho nitro benzene ring substituents is 1. The molecule has 0 unspecified atom stereocenters. The van der Waals surface area contributed by atoms with Crippen molar-refractivity contribution in [3.63, 3.8) is 0 Å². The molecule has 1 amide bonds. The van der Waals surface area contributed by atoms with Crippen molar-refractivity contribution < 1.29 is 14.5 Å². The third-order valence-electron chi connectivity index (χ3n) is 2.24. The molecule has 0 spiro atoms. The molecule has 0 bridgehead atoms. The van der Waals surface area contributed by atoms with Gasteiger partial charge in [-0.25, -0.2) is 0 Å². The number of unbranched alkanes of at least 4 members (excludes halogenated alkanes) is 1. The van der Waals surface area contributed by atoms with Gasteiger partial charge >= 0.3 is 0 Å². The standard InChI is InChI=1S/C12H16N2O4/c1-3-4-7-18-12-8-10(14(16)17)5-6-11(12)13-9(2)15/h5-6,8H,3-4,7H2,1-2H3,(H,13,15). The highest BCUT2D eigenvalue weighted by Gasteiger charge is 2.12. The zero-order valence-corrected chi connectivity index (χ0v) is 10.4. The minimum Gasteiger partial charge on any atom is -0.491 e. The first-order valence-corrected chi connectivity index (χ1v) is 5.73. The highest BCUT2D eigenvalue weighted by Crippen LogP contribution is 2.29. The number of hydrogen-bond donors (Lipinski definition) is 1. The van der Waals surface area contributed by atoms with Gasteiger partial charge in [0, 0.05) is 13.0 Å². The molecule has 0 fully saturated rings. The first-order valence-electron chi connectivity index (χ1n) is 5.73. The van der Waals surface area contributed by atoms with Crippen molar-refractivity contribution in [2.45, 2.75) is 26.7 Å². The molecule has 1 aromatic rings. The topological polar surface area (TPSA) is 81.5 Å². The maximum absolute atomic E-state index is 11.0. The number of amides is 1. The predicted molar refractivity (Wildman–Crippen MR) is 67.8 cm³/mol. The molecule has 1 N–H and O–H groups in total. The van der Waals surface area contributed by atoms with Gasteiger partial charge in [0.25, 0.3) is 5.69 Å². The van der Waals surface area contributed by atoms with Gasteiger partial charge in [-0.15, -0.1) is 0 Å². The van der Waals surface area contributed by atoms with E-state index in [-0.39, 0.29) is 11.6 Å². The lowest BCUT2D eigenvalue weighted by Crippen LogP contribution is -2.08. The average Bonchev–Trinajstić information content (AvgIpc) is 2.30. The lowest BCUT2D eigenvalue weighted by molar-refractivity contribution is -0.384. The Morgan fingerprint density at radius 3 is 2.78 bits per heavy atom. The number of nitrogens with one attached hydrogen (secondary N) is 1. The van der Waals surface area contributed by atoms with Crippen LogP contribution >= 0.6 is 0 Å². The summed E-state index contributed by atoms with van der Waals surface area (Å²) >= 11 is 0. The fourth-order valence-electron chi connectivity index (χ4n) is 1.36. The second kappa shape index (κ2) is 6.58. The van der Waals surface area contributed by atoms with Crippen LogP contribution < -0.4 is 10.1 Å². The number of nitro benzene ring substituents is 1. The minimum absolute atomic E-state index is 0.0596. The molecule has 0 aromatic heterocycles. The highest BCUT2D eigenvalue weighted by molar-refractivity contribution is 5.90. The summed E-state index contributed by atoms with van der Waals surface area (Å²) in [6, 6.07) is 4.12. The van der Waals surface area contributed by atoms with Crippen LogP contribution in [0.1, 0.15) is 26.7 Å². The van der Waals surface area contributed by atoms with Crippen LogP contribution in [0.3, 0.4) is 0 Å². The van der Waals surface area contributed by atoms with Gasteiger partial charge in [0.2, 0.25) is 5.91 Å². The van der Waals surface area contributed by atoms with Crippen LogP contribution in [0.4, 0.5) is 11.4 Å². The Labute approximate surface area is 105 Å². The lowest BCUT2D eigenvalue weighted by Gasteiger charge is -2.11. The Morgan fingerprint density at radius 1 is 1.50 bits per heavy atom. The molecule has 18 heavy (non-hydrogen) atoms. The summed E-state index contributed by atoms with van der Waals surface area (Å²) in [5.74, 6) is 0.0806. The summed E-state index contributed by atoms with van der Waals surface area (Å²) in [4.78, 5) is 21.2. The van der Waals surface area contributed by atoms with E-state index >= 15 is 0 Å². The Balaban J connectivity index is 2.93. The smallest absolute Gasteiger partial charge is 0.273 e. The third-order valence-corrected chi connectivity index (χ3v) is 2.24. The fourth-order valence-corrected chi connectivity index (χ4v) is 1.36. The first-order chi connectivity index (χ1) is 8.54. The molecule has 1 aromatic carbocycles. The Bertz CT molecular complexity index is 446. The molecule has 0 heterocycles. The number of carbonyl (C=O) groups excluding carboxylic acids is 1.